The maximum absolute atomic E-state index is 11.4. The molecule has 0 unspecified atom stereocenters. The van der Waals surface area contributed by atoms with Gasteiger partial charge in [-0.1, -0.05) is 6.07 Å². The molecule has 0 atom stereocenters. The summed E-state index contributed by atoms with van der Waals surface area (Å²) in [5.41, 5.74) is 1.06. The van der Waals surface area contributed by atoms with Gasteiger partial charge in [-0.25, -0.2) is 18.4 Å². The zero-order chi connectivity index (χ0) is 16.9. The quantitative estimate of drug-likeness (QED) is 0.767. The molecule has 0 aliphatic rings. The van der Waals surface area contributed by atoms with E-state index in [-0.39, 0.29) is 5.16 Å². The first-order valence-electron chi connectivity index (χ1n) is 6.92. The highest BCUT2D eigenvalue weighted by atomic mass is 32.2. The number of benzene rings is 1. The van der Waals surface area contributed by atoms with Gasteiger partial charge in [0.1, 0.15) is 5.82 Å². The molecule has 1 aromatic heterocycles. The Bertz CT molecular complexity index is 778. The van der Waals surface area contributed by atoms with E-state index < -0.39 is 9.84 Å². The van der Waals surface area contributed by atoms with Gasteiger partial charge in [0, 0.05) is 19.0 Å². The topological polar surface area (TPSA) is 90.4 Å². The van der Waals surface area contributed by atoms with Gasteiger partial charge in [-0.3, -0.25) is 0 Å². The molecule has 0 amide bonds. The van der Waals surface area contributed by atoms with E-state index in [1.54, 1.807) is 20.3 Å². The number of ether oxygens (including phenoxy) is 2. The second kappa shape index (κ2) is 7.28. The largest absolute Gasteiger partial charge is 0.493 e. The van der Waals surface area contributed by atoms with E-state index in [1.165, 1.54) is 6.20 Å². The van der Waals surface area contributed by atoms with Crippen molar-refractivity contribution in [1.29, 1.82) is 0 Å². The minimum Gasteiger partial charge on any atom is -0.493 e. The summed E-state index contributed by atoms with van der Waals surface area (Å²) in [6.07, 6.45) is 3.22. The Kier molecular flexibility index (Phi) is 5.38. The maximum atomic E-state index is 11.4. The molecule has 23 heavy (non-hydrogen) atoms. The fraction of sp³-hybridized carbons (Fsp3) is 0.333. The van der Waals surface area contributed by atoms with Crippen LogP contribution in [0.25, 0.3) is 0 Å². The van der Waals surface area contributed by atoms with Gasteiger partial charge < -0.3 is 14.8 Å². The summed E-state index contributed by atoms with van der Waals surface area (Å²) >= 11 is 0. The number of aromatic nitrogens is 2. The molecule has 0 saturated carbocycles. The predicted octanol–water partition coefficient (Wildman–Crippen LogP) is 1.55. The first-order chi connectivity index (χ1) is 10.9. The molecular weight excluding hydrogens is 318 g/mol. The Hall–Kier alpha value is -2.35. The van der Waals surface area contributed by atoms with Gasteiger partial charge in [0.2, 0.25) is 15.0 Å². The lowest BCUT2D eigenvalue weighted by atomic mass is 10.1. The van der Waals surface area contributed by atoms with Crippen LogP contribution in [0.15, 0.2) is 35.6 Å². The monoisotopic (exact) mass is 337 g/mol. The standard InChI is InChI=1S/C15H19N3O4S/c1-21-12-5-4-11(10-13(12)22-2)6-8-16-14-7-9-17-15(18-14)23(3,19)20/h4-5,7,9-10H,6,8H2,1-3H3,(H,16,17,18). The summed E-state index contributed by atoms with van der Waals surface area (Å²) in [7, 11) is -0.230. The van der Waals surface area contributed by atoms with Crippen molar-refractivity contribution in [1.82, 2.24) is 9.97 Å². The second-order valence-electron chi connectivity index (χ2n) is 4.86. The van der Waals surface area contributed by atoms with Crippen LogP contribution in [0.3, 0.4) is 0 Å². The molecule has 0 fully saturated rings. The first kappa shape index (κ1) is 17.0. The number of rotatable bonds is 7. The van der Waals surface area contributed by atoms with Crippen LogP contribution in [-0.4, -0.2) is 45.4 Å². The Labute approximate surface area is 135 Å². The average Bonchev–Trinajstić information content (AvgIpc) is 2.54. The van der Waals surface area contributed by atoms with Crippen LogP contribution < -0.4 is 14.8 Å². The Morgan fingerprint density at radius 2 is 1.87 bits per heavy atom. The van der Waals surface area contributed by atoms with Gasteiger partial charge in [0.05, 0.1) is 14.2 Å². The zero-order valence-corrected chi connectivity index (χ0v) is 14.1. The third-order valence-corrected chi connectivity index (χ3v) is 3.99. The number of methoxy groups -OCH3 is 2. The van der Waals surface area contributed by atoms with Crippen LogP contribution in [0.4, 0.5) is 5.82 Å². The Morgan fingerprint density at radius 3 is 2.52 bits per heavy atom. The molecule has 8 heteroatoms. The van der Waals surface area contributed by atoms with E-state index in [1.807, 2.05) is 18.2 Å². The minimum atomic E-state index is -3.41. The molecular formula is C15H19N3O4S. The van der Waals surface area contributed by atoms with Crippen molar-refractivity contribution in [3.63, 3.8) is 0 Å². The van der Waals surface area contributed by atoms with Crippen molar-refractivity contribution in [2.45, 2.75) is 11.6 Å². The van der Waals surface area contributed by atoms with Gasteiger partial charge >= 0.3 is 0 Å². The summed E-state index contributed by atoms with van der Waals surface area (Å²) in [6, 6.07) is 7.33. The van der Waals surface area contributed by atoms with Crippen LogP contribution in [0.5, 0.6) is 11.5 Å². The number of nitrogens with one attached hydrogen (secondary N) is 1. The number of nitrogens with zero attached hydrogens (tertiary/aromatic N) is 2. The Balaban J connectivity index is 2.00. The summed E-state index contributed by atoms with van der Waals surface area (Å²) in [4.78, 5) is 7.73. The van der Waals surface area contributed by atoms with Crippen LogP contribution in [-0.2, 0) is 16.3 Å². The summed E-state index contributed by atoms with van der Waals surface area (Å²) in [5.74, 6) is 1.82. The van der Waals surface area contributed by atoms with E-state index in [0.29, 0.717) is 23.9 Å². The summed E-state index contributed by atoms with van der Waals surface area (Å²) < 4.78 is 33.3. The molecule has 2 rings (SSSR count). The first-order valence-corrected chi connectivity index (χ1v) is 8.81. The zero-order valence-electron chi connectivity index (χ0n) is 13.2. The van der Waals surface area contributed by atoms with Gasteiger partial charge in [0.15, 0.2) is 11.5 Å². The third-order valence-electron chi connectivity index (χ3n) is 3.13. The van der Waals surface area contributed by atoms with Crippen molar-refractivity contribution in [3.8, 4) is 11.5 Å². The lowest BCUT2D eigenvalue weighted by molar-refractivity contribution is 0.354. The van der Waals surface area contributed by atoms with E-state index in [4.69, 9.17) is 9.47 Å². The highest BCUT2D eigenvalue weighted by Crippen LogP contribution is 2.27. The molecule has 124 valence electrons. The van der Waals surface area contributed by atoms with Crippen molar-refractivity contribution in [2.75, 3.05) is 32.3 Å². The third kappa shape index (κ3) is 4.56. The van der Waals surface area contributed by atoms with E-state index in [2.05, 4.69) is 15.3 Å². The van der Waals surface area contributed by atoms with E-state index >= 15 is 0 Å². The smallest absolute Gasteiger partial charge is 0.248 e. The van der Waals surface area contributed by atoms with Crippen molar-refractivity contribution in [3.05, 3.63) is 36.0 Å². The molecule has 1 N–H and O–H groups in total. The van der Waals surface area contributed by atoms with Gasteiger partial charge in [-0.2, -0.15) is 0 Å². The van der Waals surface area contributed by atoms with Crippen molar-refractivity contribution < 1.29 is 17.9 Å². The van der Waals surface area contributed by atoms with Crippen LogP contribution in [0.2, 0.25) is 0 Å². The lowest BCUT2D eigenvalue weighted by Crippen LogP contribution is -2.10. The van der Waals surface area contributed by atoms with Crippen LogP contribution in [0.1, 0.15) is 5.56 Å². The SMILES string of the molecule is COc1ccc(CCNc2ccnc(S(C)(=O)=O)n2)cc1OC. The number of anilines is 1. The van der Waals surface area contributed by atoms with Crippen LogP contribution in [0, 0.1) is 0 Å². The Morgan fingerprint density at radius 1 is 1.13 bits per heavy atom. The molecule has 0 saturated heterocycles. The number of sulfone groups is 1. The fourth-order valence-electron chi connectivity index (χ4n) is 1.99. The van der Waals surface area contributed by atoms with Crippen molar-refractivity contribution >= 4 is 15.7 Å². The number of hydrogen-bond donors (Lipinski definition) is 1. The average molecular weight is 337 g/mol. The van der Waals surface area contributed by atoms with E-state index in [0.717, 1.165) is 18.2 Å². The van der Waals surface area contributed by atoms with Gasteiger partial charge in [-0.15, -0.1) is 0 Å². The van der Waals surface area contributed by atoms with Crippen LogP contribution >= 0.6 is 0 Å². The molecule has 0 bridgehead atoms. The molecule has 0 radical (unpaired) electrons. The summed E-state index contributed by atoms with van der Waals surface area (Å²) in [6.45, 7) is 0.593. The molecule has 0 aliphatic carbocycles. The summed E-state index contributed by atoms with van der Waals surface area (Å²) in [5, 5.41) is 2.90. The number of hydrogen-bond acceptors (Lipinski definition) is 7. The molecule has 7 nitrogen and oxygen atoms in total. The van der Waals surface area contributed by atoms with E-state index in [9.17, 15) is 8.42 Å². The molecule has 1 aromatic carbocycles. The molecule has 0 spiro atoms. The van der Waals surface area contributed by atoms with Gasteiger partial charge in [-0.05, 0) is 30.2 Å². The minimum absolute atomic E-state index is 0.186. The second-order valence-corrected chi connectivity index (χ2v) is 6.77. The predicted molar refractivity (Wildman–Crippen MR) is 86.9 cm³/mol. The maximum Gasteiger partial charge on any atom is 0.248 e. The fourth-order valence-corrected chi connectivity index (χ4v) is 2.51. The lowest BCUT2D eigenvalue weighted by Gasteiger charge is -2.10. The molecule has 0 aliphatic heterocycles. The highest BCUT2D eigenvalue weighted by molar-refractivity contribution is 7.90. The highest BCUT2D eigenvalue weighted by Gasteiger charge is 2.11. The normalized spacial score (nSPS) is 11.1. The molecule has 1 heterocycles. The van der Waals surface area contributed by atoms with Crippen molar-refractivity contribution in [2.24, 2.45) is 0 Å². The van der Waals surface area contributed by atoms with Gasteiger partial charge in [0.25, 0.3) is 0 Å². The molecule has 2 aromatic rings.